The largest absolute Gasteiger partial charge is 0.326 e. The van der Waals surface area contributed by atoms with Gasteiger partial charge in [-0.15, -0.1) is 0 Å². The van der Waals surface area contributed by atoms with Gasteiger partial charge in [-0.3, -0.25) is 4.90 Å². The van der Waals surface area contributed by atoms with E-state index in [1.54, 1.807) is 0 Å². The highest BCUT2D eigenvalue weighted by Crippen LogP contribution is 2.39. The van der Waals surface area contributed by atoms with E-state index >= 15 is 0 Å². The van der Waals surface area contributed by atoms with Gasteiger partial charge in [0.25, 0.3) is 0 Å². The van der Waals surface area contributed by atoms with Crippen molar-refractivity contribution in [3.63, 3.8) is 0 Å². The first-order chi connectivity index (χ1) is 7.00. The van der Waals surface area contributed by atoms with E-state index in [9.17, 15) is 0 Å². The summed E-state index contributed by atoms with van der Waals surface area (Å²) < 4.78 is 0. The molecule has 88 valence electrons. The summed E-state index contributed by atoms with van der Waals surface area (Å²) in [4.78, 5) is 2.65. The number of rotatable bonds is 1. The first kappa shape index (κ1) is 11.4. The summed E-state index contributed by atoms with van der Waals surface area (Å²) in [5, 5.41) is 0. The molecular formula is C13H26N2. The van der Waals surface area contributed by atoms with Crippen molar-refractivity contribution in [3.8, 4) is 0 Å². The van der Waals surface area contributed by atoms with Crippen LogP contribution in [0.2, 0.25) is 0 Å². The molecule has 2 atom stereocenters. The maximum absolute atomic E-state index is 6.38. The molecule has 1 saturated heterocycles. The molecule has 0 radical (unpaired) electrons. The Morgan fingerprint density at radius 2 is 1.73 bits per heavy atom. The number of nitrogens with zero attached hydrogens (tertiary/aromatic N) is 1. The Kier molecular flexibility index (Phi) is 3.09. The second-order valence-electron chi connectivity index (χ2n) is 6.34. The van der Waals surface area contributed by atoms with E-state index in [2.05, 4.69) is 25.7 Å². The Balaban J connectivity index is 1.95. The molecule has 1 aliphatic heterocycles. The average molecular weight is 210 g/mol. The molecule has 0 aromatic heterocycles. The van der Waals surface area contributed by atoms with Crippen LogP contribution in [0.15, 0.2) is 0 Å². The van der Waals surface area contributed by atoms with E-state index in [-0.39, 0.29) is 0 Å². The Labute approximate surface area is 94.2 Å². The van der Waals surface area contributed by atoms with Crippen molar-refractivity contribution in [1.82, 2.24) is 4.90 Å². The lowest BCUT2D eigenvalue weighted by Gasteiger charge is -2.38. The van der Waals surface area contributed by atoms with Gasteiger partial charge in [0.15, 0.2) is 0 Å². The Morgan fingerprint density at radius 3 is 2.20 bits per heavy atom. The highest BCUT2D eigenvalue weighted by molar-refractivity contribution is 4.99. The highest BCUT2D eigenvalue weighted by Gasteiger charge is 2.42. The molecule has 1 saturated carbocycles. The van der Waals surface area contributed by atoms with Crippen molar-refractivity contribution < 1.29 is 0 Å². The van der Waals surface area contributed by atoms with Gasteiger partial charge in [0, 0.05) is 12.1 Å². The molecule has 15 heavy (non-hydrogen) atoms. The molecular weight excluding hydrogens is 184 g/mol. The van der Waals surface area contributed by atoms with Crippen LogP contribution in [0.4, 0.5) is 0 Å². The third kappa shape index (κ3) is 2.21. The molecule has 2 nitrogen and oxygen atoms in total. The van der Waals surface area contributed by atoms with Crippen LogP contribution in [-0.4, -0.2) is 30.1 Å². The van der Waals surface area contributed by atoms with Crippen molar-refractivity contribution in [2.75, 3.05) is 13.1 Å². The summed E-state index contributed by atoms with van der Waals surface area (Å²) in [5.41, 5.74) is 6.74. The zero-order valence-corrected chi connectivity index (χ0v) is 10.5. The predicted octanol–water partition coefficient (Wildman–Crippen LogP) is 2.23. The molecule has 0 amide bonds. The zero-order chi connectivity index (χ0) is 11.1. The highest BCUT2D eigenvalue weighted by atomic mass is 15.2. The fraction of sp³-hybridized carbons (Fsp3) is 1.00. The maximum atomic E-state index is 6.38. The van der Waals surface area contributed by atoms with Gasteiger partial charge in [-0.25, -0.2) is 0 Å². The van der Waals surface area contributed by atoms with Crippen molar-refractivity contribution >= 4 is 0 Å². The maximum Gasteiger partial charge on any atom is 0.0252 e. The average Bonchev–Trinajstić information content (AvgIpc) is 2.45. The lowest BCUT2D eigenvalue weighted by molar-refractivity contribution is 0.118. The number of likely N-dealkylation sites (tertiary alicyclic amines) is 1. The lowest BCUT2D eigenvalue weighted by Crippen LogP contribution is -2.51. The van der Waals surface area contributed by atoms with Crippen LogP contribution in [0, 0.1) is 11.3 Å². The fourth-order valence-corrected chi connectivity index (χ4v) is 3.16. The first-order valence-corrected chi connectivity index (χ1v) is 6.50. The van der Waals surface area contributed by atoms with Crippen molar-refractivity contribution in [3.05, 3.63) is 0 Å². The van der Waals surface area contributed by atoms with Gasteiger partial charge >= 0.3 is 0 Å². The van der Waals surface area contributed by atoms with Crippen LogP contribution >= 0.6 is 0 Å². The van der Waals surface area contributed by atoms with E-state index in [4.69, 9.17) is 5.73 Å². The molecule has 2 N–H and O–H groups in total. The molecule has 2 rings (SSSR count). The van der Waals surface area contributed by atoms with Crippen LogP contribution in [0.25, 0.3) is 0 Å². The van der Waals surface area contributed by atoms with Crippen molar-refractivity contribution in [2.45, 2.75) is 58.5 Å². The second-order valence-corrected chi connectivity index (χ2v) is 6.34. The standard InChI is InChI=1S/C13H26N2/c1-10-5-8-15(9-6-10)11-4-7-13(2,3)12(11)14/h10-12H,4-9,14H2,1-3H3. The van der Waals surface area contributed by atoms with Gasteiger partial charge < -0.3 is 5.73 Å². The molecule has 0 bridgehead atoms. The zero-order valence-electron chi connectivity index (χ0n) is 10.5. The third-order valence-corrected chi connectivity index (χ3v) is 4.69. The SMILES string of the molecule is CC1CCN(C2CCC(C)(C)C2N)CC1. The molecule has 2 unspecified atom stereocenters. The monoisotopic (exact) mass is 210 g/mol. The lowest BCUT2D eigenvalue weighted by atomic mass is 9.86. The number of nitrogens with two attached hydrogens (primary N) is 1. The minimum absolute atomic E-state index is 0.355. The van der Waals surface area contributed by atoms with Crippen molar-refractivity contribution in [1.29, 1.82) is 0 Å². The summed E-state index contributed by atoms with van der Waals surface area (Å²) in [6, 6.07) is 1.04. The van der Waals surface area contributed by atoms with E-state index < -0.39 is 0 Å². The molecule has 2 heteroatoms. The van der Waals surface area contributed by atoms with E-state index in [0.29, 0.717) is 17.5 Å². The number of hydrogen-bond acceptors (Lipinski definition) is 2. The summed E-state index contributed by atoms with van der Waals surface area (Å²) in [5.74, 6) is 0.923. The molecule has 1 aliphatic carbocycles. The second kappa shape index (κ2) is 4.06. The van der Waals surface area contributed by atoms with Gasteiger partial charge in [-0.1, -0.05) is 20.8 Å². The van der Waals surface area contributed by atoms with Crippen LogP contribution in [0.5, 0.6) is 0 Å². The Hall–Kier alpha value is -0.0800. The predicted molar refractivity (Wildman–Crippen MR) is 64.7 cm³/mol. The third-order valence-electron chi connectivity index (χ3n) is 4.69. The summed E-state index contributed by atoms with van der Waals surface area (Å²) in [6.45, 7) is 9.57. The van der Waals surface area contributed by atoms with Crippen LogP contribution < -0.4 is 5.73 Å². The molecule has 2 fully saturated rings. The fourth-order valence-electron chi connectivity index (χ4n) is 3.16. The van der Waals surface area contributed by atoms with Crippen LogP contribution in [-0.2, 0) is 0 Å². The summed E-state index contributed by atoms with van der Waals surface area (Å²) >= 11 is 0. The smallest absolute Gasteiger partial charge is 0.0252 e. The van der Waals surface area contributed by atoms with Gasteiger partial charge in [-0.05, 0) is 50.1 Å². The minimum atomic E-state index is 0.355. The van der Waals surface area contributed by atoms with Crippen molar-refractivity contribution in [2.24, 2.45) is 17.1 Å². The van der Waals surface area contributed by atoms with Crippen LogP contribution in [0.1, 0.15) is 46.5 Å². The molecule has 0 aromatic rings. The molecule has 1 heterocycles. The normalized spacial score (nSPS) is 38.4. The minimum Gasteiger partial charge on any atom is -0.326 e. The Morgan fingerprint density at radius 1 is 1.13 bits per heavy atom. The van der Waals surface area contributed by atoms with Gasteiger partial charge in [0.1, 0.15) is 0 Å². The topological polar surface area (TPSA) is 29.3 Å². The first-order valence-electron chi connectivity index (χ1n) is 6.50. The van der Waals surface area contributed by atoms with Crippen LogP contribution in [0.3, 0.4) is 0 Å². The Bertz CT molecular complexity index is 217. The van der Waals surface area contributed by atoms with Gasteiger partial charge in [-0.2, -0.15) is 0 Å². The number of hydrogen-bond donors (Lipinski definition) is 1. The summed E-state index contributed by atoms with van der Waals surface area (Å²) in [6.07, 6.45) is 5.33. The van der Waals surface area contributed by atoms with Gasteiger partial charge in [0.2, 0.25) is 0 Å². The molecule has 0 spiro atoms. The summed E-state index contributed by atoms with van der Waals surface area (Å²) in [7, 11) is 0. The van der Waals surface area contributed by atoms with Gasteiger partial charge in [0.05, 0.1) is 0 Å². The molecule has 2 aliphatic rings. The molecule has 0 aromatic carbocycles. The quantitative estimate of drug-likeness (QED) is 0.719. The van der Waals surface area contributed by atoms with E-state index in [0.717, 1.165) is 5.92 Å². The van der Waals surface area contributed by atoms with E-state index in [1.807, 2.05) is 0 Å². The number of piperidine rings is 1. The van der Waals surface area contributed by atoms with E-state index in [1.165, 1.54) is 38.8 Å².